The third-order valence-corrected chi connectivity index (χ3v) is 2.82. The Balaban J connectivity index is 2.30. The van der Waals surface area contributed by atoms with E-state index in [0.717, 1.165) is 6.07 Å². The fraction of sp³-hybridized carbons (Fsp3) is 0.0667. The molecule has 0 N–H and O–H groups in total. The Kier molecular flexibility index (Phi) is 4.47. The van der Waals surface area contributed by atoms with Gasteiger partial charge in [0.15, 0.2) is 11.5 Å². The van der Waals surface area contributed by atoms with Gasteiger partial charge in [-0.05, 0) is 24.3 Å². The number of hydrogen-bond acceptors (Lipinski definition) is 6. The van der Waals surface area contributed by atoms with Crippen molar-refractivity contribution in [1.29, 1.82) is 0 Å². The molecule has 0 amide bonds. The minimum absolute atomic E-state index is 0.0211. The van der Waals surface area contributed by atoms with Crippen molar-refractivity contribution in [1.82, 2.24) is 0 Å². The van der Waals surface area contributed by atoms with Crippen LogP contribution in [0.2, 0.25) is 0 Å². The van der Waals surface area contributed by atoms with E-state index in [1.54, 1.807) is 0 Å². The number of nitro groups is 1. The number of carbonyl (C=O) groups excluding carboxylic acids is 2. The number of nitro benzene ring substituents is 1. The van der Waals surface area contributed by atoms with Crippen molar-refractivity contribution in [3.05, 3.63) is 63.7 Å². The monoisotopic (exact) mass is 301 g/mol. The van der Waals surface area contributed by atoms with Crippen molar-refractivity contribution in [2.24, 2.45) is 0 Å². The normalized spacial score (nSPS) is 9.86. The summed E-state index contributed by atoms with van der Waals surface area (Å²) in [6.07, 6.45) is 0.601. The first-order valence-corrected chi connectivity index (χ1v) is 6.15. The van der Waals surface area contributed by atoms with Crippen LogP contribution in [0.4, 0.5) is 5.69 Å². The maximum atomic E-state index is 12.1. The molecule has 0 fully saturated rings. The first-order chi connectivity index (χ1) is 10.5. The van der Waals surface area contributed by atoms with Gasteiger partial charge < -0.3 is 9.47 Å². The van der Waals surface area contributed by atoms with Crippen LogP contribution >= 0.6 is 0 Å². The summed E-state index contributed by atoms with van der Waals surface area (Å²) in [5.41, 5.74) is 0.110. The van der Waals surface area contributed by atoms with Gasteiger partial charge in [0.1, 0.15) is 6.29 Å². The fourth-order valence-electron chi connectivity index (χ4n) is 1.75. The number of benzene rings is 2. The molecule has 22 heavy (non-hydrogen) atoms. The van der Waals surface area contributed by atoms with Crippen LogP contribution in [0.3, 0.4) is 0 Å². The largest absolute Gasteiger partial charge is 0.493 e. The summed E-state index contributed by atoms with van der Waals surface area (Å²) in [6.45, 7) is 0. The lowest BCUT2D eigenvalue weighted by atomic mass is 10.2. The second-order valence-corrected chi connectivity index (χ2v) is 4.23. The molecule has 0 aliphatic heterocycles. The molecule has 0 atom stereocenters. The molecule has 2 aromatic rings. The number of non-ortho nitro benzene ring substituents is 1. The van der Waals surface area contributed by atoms with E-state index in [-0.39, 0.29) is 22.7 Å². The number of hydrogen-bond donors (Lipinski definition) is 0. The highest BCUT2D eigenvalue weighted by molar-refractivity contribution is 5.92. The van der Waals surface area contributed by atoms with Crippen molar-refractivity contribution in [3.8, 4) is 11.5 Å². The average molecular weight is 301 g/mol. The Morgan fingerprint density at radius 2 is 1.95 bits per heavy atom. The SMILES string of the molecule is COc1ccc(C=O)cc1OC(=O)c1cccc([N+](=O)[O-])c1. The third-order valence-electron chi connectivity index (χ3n) is 2.82. The number of aldehydes is 1. The minimum atomic E-state index is -0.787. The van der Waals surface area contributed by atoms with Crippen molar-refractivity contribution >= 4 is 17.9 Å². The smallest absolute Gasteiger partial charge is 0.343 e. The molecular weight excluding hydrogens is 290 g/mol. The highest BCUT2D eigenvalue weighted by atomic mass is 16.6. The van der Waals surface area contributed by atoms with E-state index >= 15 is 0 Å². The van der Waals surface area contributed by atoms with Crippen LogP contribution in [-0.2, 0) is 0 Å². The van der Waals surface area contributed by atoms with E-state index in [1.165, 1.54) is 43.5 Å². The molecule has 0 radical (unpaired) electrons. The second kappa shape index (κ2) is 6.49. The molecule has 0 aliphatic carbocycles. The van der Waals surface area contributed by atoms with Gasteiger partial charge in [0.25, 0.3) is 5.69 Å². The van der Waals surface area contributed by atoms with Crippen molar-refractivity contribution in [2.45, 2.75) is 0 Å². The number of methoxy groups -OCH3 is 1. The number of esters is 1. The van der Waals surface area contributed by atoms with Crippen LogP contribution in [-0.4, -0.2) is 24.3 Å². The van der Waals surface area contributed by atoms with Gasteiger partial charge in [-0.25, -0.2) is 4.79 Å². The van der Waals surface area contributed by atoms with Crippen molar-refractivity contribution in [3.63, 3.8) is 0 Å². The molecule has 0 aliphatic rings. The van der Waals surface area contributed by atoms with Crippen LogP contribution in [0.25, 0.3) is 0 Å². The van der Waals surface area contributed by atoms with E-state index in [2.05, 4.69) is 0 Å². The van der Waals surface area contributed by atoms with Crippen LogP contribution in [0.15, 0.2) is 42.5 Å². The number of nitrogens with zero attached hydrogens (tertiary/aromatic N) is 1. The number of ether oxygens (including phenoxy) is 2. The van der Waals surface area contributed by atoms with Gasteiger partial charge in [0.2, 0.25) is 0 Å². The topological polar surface area (TPSA) is 95.7 Å². The Bertz CT molecular complexity index is 741. The standard InChI is InChI=1S/C15H11NO6/c1-21-13-6-5-10(9-17)7-14(13)22-15(18)11-3-2-4-12(8-11)16(19)20/h2-9H,1H3. The molecule has 112 valence electrons. The zero-order valence-corrected chi connectivity index (χ0v) is 11.5. The number of rotatable bonds is 5. The lowest BCUT2D eigenvalue weighted by Gasteiger charge is -2.09. The van der Waals surface area contributed by atoms with E-state index in [4.69, 9.17) is 9.47 Å². The first kappa shape index (κ1) is 15.2. The predicted molar refractivity (Wildman–Crippen MR) is 76.4 cm³/mol. The molecule has 2 rings (SSSR count). The van der Waals surface area contributed by atoms with E-state index < -0.39 is 10.9 Å². The van der Waals surface area contributed by atoms with Crippen LogP contribution in [0, 0.1) is 10.1 Å². The summed E-state index contributed by atoms with van der Waals surface area (Å²) in [6, 6.07) is 9.50. The maximum Gasteiger partial charge on any atom is 0.343 e. The van der Waals surface area contributed by atoms with Crippen molar-refractivity contribution < 1.29 is 24.0 Å². The van der Waals surface area contributed by atoms with Gasteiger partial charge >= 0.3 is 5.97 Å². The number of carbonyl (C=O) groups is 2. The zero-order chi connectivity index (χ0) is 16.1. The first-order valence-electron chi connectivity index (χ1n) is 6.15. The molecule has 0 saturated carbocycles. The Labute approximate surface area is 125 Å². The maximum absolute atomic E-state index is 12.1. The summed E-state index contributed by atoms with van der Waals surface area (Å²) < 4.78 is 10.2. The van der Waals surface area contributed by atoms with Crippen LogP contribution < -0.4 is 9.47 Å². The van der Waals surface area contributed by atoms with Crippen LogP contribution in [0.1, 0.15) is 20.7 Å². The summed E-state index contributed by atoms with van der Waals surface area (Å²) in [7, 11) is 1.39. The highest BCUT2D eigenvalue weighted by Crippen LogP contribution is 2.28. The van der Waals surface area contributed by atoms with Crippen molar-refractivity contribution in [2.75, 3.05) is 7.11 Å². The Morgan fingerprint density at radius 3 is 2.59 bits per heavy atom. The van der Waals surface area contributed by atoms with Gasteiger partial charge in [-0.3, -0.25) is 14.9 Å². The lowest BCUT2D eigenvalue weighted by molar-refractivity contribution is -0.384. The summed E-state index contributed by atoms with van der Waals surface area (Å²) in [5.74, 6) is -0.460. The molecule has 7 nitrogen and oxygen atoms in total. The van der Waals surface area contributed by atoms with Gasteiger partial charge in [-0.2, -0.15) is 0 Å². The fourth-order valence-corrected chi connectivity index (χ4v) is 1.75. The van der Waals surface area contributed by atoms with Gasteiger partial charge in [-0.1, -0.05) is 6.07 Å². The molecule has 0 bridgehead atoms. The molecule has 0 aromatic heterocycles. The molecule has 2 aromatic carbocycles. The predicted octanol–water partition coefficient (Wildman–Crippen LogP) is 2.64. The lowest BCUT2D eigenvalue weighted by Crippen LogP contribution is -2.10. The second-order valence-electron chi connectivity index (χ2n) is 4.23. The van der Waals surface area contributed by atoms with Crippen LogP contribution in [0.5, 0.6) is 11.5 Å². The zero-order valence-electron chi connectivity index (χ0n) is 11.5. The van der Waals surface area contributed by atoms with Gasteiger partial charge in [0.05, 0.1) is 17.6 Å². The molecular formula is C15H11NO6. The van der Waals surface area contributed by atoms with Gasteiger partial charge in [-0.15, -0.1) is 0 Å². The summed E-state index contributed by atoms with van der Waals surface area (Å²) in [5, 5.41) is 10.7. The average Bonchev–Trinajstić information content (AvgIpc) is 2.54. The summed E-state index contributed by atoms with van der Waals surface area (Å²) in [4.78, 5) is 33.0. The summed E-state index contributed by atoms with van der Waals surface area (Å²) >= 11 is 0. The Hall–Kier alpha value is -3.22. The quantitative estimate of drug-likeness (QED) is 0.277. The molecule has 0 saturated heterocycles. The highest BCUT2D eigenvalue weighted by Gasteiger charge is 2.16. The molecule has 0 heterocycles. The van der Waals surface area contributed by atoms with E-state index in [9.17, 15) is 19.7 Å². The van der Waals surface area contributed by atoms with E-state index in [0.29, 0.717) is 11.8 Å². The third kappa shape index (κ3) is 3.26. The molecule has 7 heteroatoms. The molecule has 0 spiro atoms. The van der Waals surface area contributed by atoms with Gasteiger partial charge in [0, 0.05) is 17.7 Å². The van der Waals surface area contributed by atoms with E-state index in [1.807, 2.05) is 0 Å². The molecule has 0 unspecified atom stereocenters. The minimum Gasteiger partial charge on any atom is -0.493 e. The Morgan fingerprint density at radius 1 is 1.18 bits per heavy atom.